The van der Waals surface area contributed by atoms with E-state index >= 15 is 0 Å². The molecule has 4 nitrogen and oxygen atoms in total. The standard InChI is InChI=1S/C33H20ClN3O/c34-33-36-31(22-11-5-2-6-12-22)35-32(37-33)25-17-18-27-28-16-8-15-26(30(28)38-29(27)20-25)24-14-7-13-23(19-24)21-9-3-1-4-10-21/h1-20H. The van der Waals surface area contributed by atoms with Crippen LogP contribution < -0.4 is 0 Å². The fraction of sp³-hybridized carbons (Fsp3) is 0. The van der Waals surface area contributed by atoms with Gasteiger partial charge in [-0.2, -0.15) is 9.97 Å². The predicted molar refractivity (Wildman–Crippen MR) is 154 cm³/mol. The zero-order chi connectivity index (χ0) is 25.5. The van der Waals surface area contributed by atoms with Gasteiger partial charge in [-0.1, -0.05) is 103 Å². The summed E-state index contributed by atoms with van der Waals surface area (Å²) >= 11 is 6.29. The summed E-state index contributed by atoms with van der Waals surface area (Å²) in [5, 5.41) is 2.25. The minimum absolute atomic E-state index is 0.152. The molecule has 2 heterocycles. The van der Waals surface area contributed by atoms with Crippen molar-refractivity contribution in [1.82, 2.24) is 15.0 Å². The highest BCUT2D eigenvalue weighted by Crippen LogP contribution is 2.38. The number of para-hydroxylation sites is 1. The molecule has 38 heavy (non-hydrogen) atoms. The normalized spacial score (nSPS) is 11.3. The van der Waals surface area contributed by atoms with Crippen LogP contribution in [0.2, 0.25) is 5.28 Å². The highest BCUT2D eigenvalue weighted by molar-refractivity contribution is 6.28. The highest BCUT2D eigenvalue weighted by Gasteiger charge is 2.15. The van der Waals surface area contributed by atoms with Crippen LogP contribution in [0.3, 0.4) is 0 Å². The number of benzene rings is 5. The molecule has 0 N–H and O–H groups in total. The van der Waals surface area contributed by atoms with E-state index in [9.17, 15) is 0 Å². The Morgan fingerprint density at radius 2 is 1.13 bits per heavy atom. The lowest BCUT2D eigenvalue weighted by Crippen LogP contribution is -1.97. The first-order valence-corrected chi connectivity index (χ1v) is 12.7. The number of hydrogen-bond donors (Lipinski definition) is 0. The molecule has 0 atom stereocenters. The molecule has 0 amide bonds. The average molecular weight is 510 g/mol. The Kier molecular flexibility index (Phi) is 5.46. The predicted octanol–water partition coefficient (Wildman–Crippen LogP) is 9.09. The second-order valence-electron chi connectivity index (χ2n) is 9.06. The van der Waals surface area contributed by atoms with Gasteiger partial charge in [0.2, 0.25) is 5.28 Å². The van der Waals surface area contributed by atoms with Gasteiger partial charge in [0.25, 0.3) is 0 Å². The molecule has 0 aliphatic rings. The summed E-state index contributed by atoms with van der Waals surface area (Å²) in [7, 11) is 0. The molecule has 0 fully saturated rings. The van der Waals surface area contributed by atoms with E-state index in [1.807, 2.05) is 48.5 Å². The summed E-state index contributed by atoms with van der Waals surface area (Å²) in [5.74, 6) is 1.04. The quantitative estimate of drug-likeness (QED) is 0.237. The van der Waals surface area contributed by atoms with Crippen LogP contribution in [0, 0.1) is 0 Å². The third-order valence-electron chi connectivity index (χ3n) is 6.68. The lowest BCUT2D eigenvalue weighted by Gasteiger charge is -2.06. The largest absolute Gasteiger partial charge is 0.455 e. The van der Waals surface area contributed by atoms with Crippen molar-refractivity contribution in [3.63, 3.8) is 0 Å². The molecule has 2 aromatic heterocycles. The molecule has 0 unspecified atom stereocenters. The van der Waals surface area contributed by atoms with Gasteiger partial charge < -0.3 is 4.42 Å². The molecule has 0 saturated carbocycles. The fourth-order valence-electron chi connectivity index (χ4n) is 4.86. The minimum atomic E-state index is 0.152. The van der Waals surface area contributed by atoms with Crippen molar-refractivity contribution in [3.8, 4) is 45.0 Å². The summed E-state index contributed by atoms with van der Waals surface area (Å²) in [4.78, 5) is 13.4. The van der Waals surface area contributed by atoms with Gasteiger partial charge in [0.1, 0.15) is 11.2 Å². The Balaban J connectivity index is 1.34. The summed E-state index contributed by atoms with van der Waals surface area (Å²) < 4.78 is 6.49. The SMILES string of the molecule is Clc1nc(-c2ccccc2)nc(-c2ccc3c(c2)oc2c(-c4cccc(-c5ccccc5)c4)cccc23)n1. The van der Waals surface area contributed by atoms with Crippen LogP contribution in [0.1, 0.15) is 0 Å². The van der Waals surface area contributed by atoms with Crippen LogP contribution in [0.4, 0.5) is 0 Å². The van der Waals surface area contributed by atoms with Gasteiger partial charge >= 0.3 is 0 Å². The summed E-state index contributed by atoms with van der Waals surface area (Å²) in [6, 6.07) is 41.0. The molecule has 5 aromatic carbocycles. The topological polar surface area (TPSA) is 51.8 Å². The van der Waals surface area contributed by atoms with Gasteiger partial charge in [0.15, 0.2) is 11.6 Å². The van der Waals surface area contributed by atoms with E-state index in [2.05, 4.69) is 82.8 Å². The first-order chi connectivity index (χ1) is 18.7. The molecular formula is C33H20ClN3O. The van der Waals surface area contributed by atoms with Gasteiger partial charge in [0.05, 0.1) is 0 Å². The van der Waals surface area contributed by atoms with Crippen LogP contribution in [0.15, 0.2) is 126 Å². The third kappa shape index (κ3) is 4.01. The van der Waals surface area contributed by atoms with Crippen molar-refractivity contribution in [3.05, 3.63) is 127 Å². The van der Waals surface area contributed by atoms with Crippen LogP contribution in [0.5, 0.6) is 0 Å². The number of furan rings is 1. The second kappa shape index (κ2) is 9.25. The van der Waals surface area contributed by atoms with E-state index in [4.69, 9.17) is 21.0 Å². The van der Waals surface area contributed by atoms with Crippen molar-refractivity contribution in [2.75, 3.05) is 0 Å². The molecule has 0 aliphatic heterocycles. The van der Waals surface area contributed by atoms with Gasteiger partial charge in [-0.3, -0.25) is 0 Å². The lowest BCUT2D eigenvalue weighted by molar-refractivity contribution is 0.670. The molecule has 0 aliphatic carbocycles. The van der Waals surface area contributed by atoms with Crippen LogP contribution in [-0.4, -0.2) is 15.0 Å². The lowest BCUT2D eigenvalue weighted by atomic mass is 9.97. The van der Waals surface area contributed by atoms with Gasteiger partial charge in [-0.15, -0.1) is 0 Å². The fourth-order valence-corrected chi connectivity index (χ4v) is 5.02. The van der Waals surface area contributed by atoms with Gasteiger partial charge in [-0.25, -0.2) is 4.98 Å². The Hall–Kier alpha value is -4.80. The number of aromatic nitrogens is 3. The molecule has 5 heteroatoms. The Morgan fingerprint density at radius 1 is 0.474 bits per heavy atom. The van der Waals surface area contributed by atoms with Crippen molar-refractivity contribution in [1.29, 1.82) is 0 Å². The molecule has 7 aromatic rings. The average Bonchev–Trinajstić information content (AvgIpc) is 3.36. The zero-order valence-corrected chi connectivity index (χ0v) is 20.9. The third-order valence-corrected chi connectivity index (χ3v) is 6.85. The van der Waals surface area contributed by atoms with Gasteiger partial charge in [0, 0.05) is 27.5 Å². The van der Waals surface area contributed by atoms with Crippen molar-refractivity contribution < 1.29 is 4.42 Å². The minimum Gasteiger partial charge on any atom is -0.455 e. The van der Waals surface area contributed by atoms with E-state index in [1.165, 1.54) is 11.1 Å². The molecule has 0 radical (unpaired) electrons. The first-order valence-electron chi connectivity index (χ1n) is 12.3. The molecule has 180 valence electrons. The van der Waals surface area contributed by atoms with E-state index in [-0.39, 0.29) is 5.28 Å². The molecular weight excluding hydrogens is 490 g/mol. The Labute approximate surface area is 224 Å². The maximum absolute atomic E-state index is 6.49. The number of rotatable bonds is 4. The molecule has 0 saturated heterocycles. The van der Waals surface area contributed by atoms with Crippen molar-refractivity contribution >= 4 is 33.5 Å². The number of hydrogen-bond acceptors (Lipinski definition) is 4. The zero-order valence-electron chi connectivity index (χ0n) is 20.2. The maximum atomic E-state index is 6.49. The van der Waals surface area contributed by atoms with Crippen LogP contribution in [0.25, 0.3) is 67.0 Å². The maximum Gasteiger partial charge on any atom is 0.226 e. The van der Waals surface area contributed by atoms with Crippen LogP contribution in [-0.2, 0) is 0 Å². The molecule has 0 bridgehead atoms. The molecule has 7 rings (SSSR count). The summed E-state index contributed by atoms with van der Waals surface area (Å²) in [5.41, 5.74) is 7.81. The second-order valence-corrected chi connectivity index (χ2v) is 9.40. The van der Waals surface area contributed by atoms with E-state index in [0.717, 1.165) is 44.2 Å². The highest BCUT2D eigenvalue weighted by atomic mass is 35.5. The smallest absolute Gasteiger partial charge is 0.226 e. The van der Waals surface area contributed by atoms with Crippen LogP contribution >= 0.6 is 11.6 Å². The number of fused-ring (bicyclic) bond motifs is 3. The monoisotopic (exact) mass is 509 g/mol. The number of halogens is 1. The van der Waals surface area contributed by atoms with E-state index in [0.29, 0.717) is 11.6 Å². The summed E-state index contributed by atoms with van der Waals surface area (Å²) in [6.45, 7) is 0. The first kappa shape index (κ1) is 22.4. The number of nitrogens with zero attached hydrogens (tertiary/aromatic N) is 3. The Morgan fingerprint density at radius 3 is 1.92 bits per heavy atom. The Bertz CT molecular complexity index is 1930. The van der Waals surface area contributed by atoms with E-state index < -0.39 is 0 Å². The van der Waals surface area contributed by atoms with Gasteiger partial charge in [-0.05, 0) is 46.5 Å². The van der Waals surface area contributed by atoms with Crippen molar-refractivity contribution in [2.24, 2.45) is 0 Å². The van der Waals surface area contributed by atoms with Crippen molar-refractivity contribution in [2.45, 2.75) is 0 Å². The summed E-state index contributed by atoms with van der Waals surface area (Å²) in [6.07, 6.45) is 0. The molecule has 0 spiro atoms. The van der Waals surface area contributed by atoms with E-state index in [1.54, 1.807) is 0 Å².